The average molecular weight is 303 g/mol. The molecule has 0 heteroatoms. The molecule has 0 amide bonds. The fourth-order valence-electron chi connectivity index (χ4n) is 3.44. The van der Waals surface area contributed by atoms with Gasteiger partial charge in [-0.15, -0.1) is 0 Å². The summed E-state index contributed by atoms with van der Waals surface area (Å²) in [6.45, 7) is 9.23. The Hall–Kier alpha value is -0.780. The van der Waals surface area contributed by atoms with Crippen LogP contribution in [0.1, 0.15) is 105 Å². The quantitative estimate of drug-likeness (QED) is 0.321. The monoisotopic (exact) mass is 302 g/mol. The molecule has 0 bridgehead atoms. The second kappa shape index (κ2) is 11.7. The van der Waals surface area contributed by atoms with Gasteiger partial charge in [-0.25, -0.2) is 0 Å². The van der Waals surface area contributed by atoms with E-state index in [1.807, 2.05) is 0 Å². The van der Waals surface area contributed by atoms with Gasteiger partial charge < -0.3 is 0 Å². The van der Waals surface area contributed by atoms with Crippen molar-refractivity contribution in [3.8, 4) is 0 Å². The SMILES string of the molecule is CCCCCC/C=C1/C=C(CCCC)C(CCC)=C1CCC. The first-order chi connectivity index (χ1) is 10.8. The van der Waals surface area contributed by atoms with Gasteiger partial charge in [0.15, 0.2) is 0 Å². The van der Waals surface area contributed by atoms with Crippen LogP contribution in [-0.2, 0) is 0 Å². The van der Waals surface area contributed by atoms with Crippen LogP contribution in [0.15, 0.2) is 34.4 Å². The van der Waals surface area contributed by atoms with E-state index in [2.05, 4.69) is 39.8 Å². The Kier molecular flexibility index (Phi) is 10.3. The Morgan fingerprint density at radius 1 is 0.682 bits per heavy atom. The molecule has 0 saturated carbocycles. The number of hydrogen-bond donors (Lipinski definition) is 0. The number of rotatable bonds is 12. The molecule has 1 aliphatic rings. The van der Waals surface area contributed by atoms with Crippen molar-refractivity contribution in [3.63, 3.8) is 0 Å². The van der Waals surface area contributed by atoms with Gasteiger partial charge in [-0.05, 0) is 60.8 Å². The van der Waals surface area contributed by atoms with Crippen molar-refractivity contribution < 1.29 is 0 Å². The molecule has 1 aliphatic carbocycles. The Bertz CT molecular complexity index is 392. The molecule has 0 nitrogen and oxygen atoms in total. The highest BCUT2D eigenvalue weighted by Crippen LogP contribution is 2.38. The van der Waals surface area contributed by atoms with Gasteiger partial charge in [-0.3, -0.25) is 0 Å². The second-order valence-corrected chi connectivity index (χ2v) is 6.74. The summed E-state index contributed by atoms with van der Waals surface area (Å²) in [6.07, 6.45) is 20.8. The summed E-state index contributed by atoms with van der Waals surface area (Å²) in [4.78, 5) is 0. The molecule has 0 atom stereocenters. The molecule has 0 radical (unpaired) electrons. The van der Waals surface area contributed by atoms with Crippen molar-refractivity contribution in [2.45, 2.75) is 105 Å². The minimum atomic E-state index is 1.26. The molecule has 0 aliphatic heterocycles. The molecule has 0 unspecified atom stereocenters. The Morgan fingerprint density at radius 3 is 2.00 bits per heavy atom. The summed E-state index contributed by atoms with van der Waals surface area (Å²) in [5.41, 5.74) is 6.63. The van der Waals surface area contributed by atoms with E-state index in [9.17, 15) is 0 Å². The predicted octanol–water partition coefficient (Wildman–Crippen LogP) is 7.91. The van der Waals surface area contributed by atoms with Crippen LogP contribution in [0.4, 0.5) is 0 Å². The number of allylic oxidation sites excluding steroid dienone is 6. The molecule has 0 saturated heterocycles. The van der Waals surface area contributed by atoms with Gasteiger partial charge >= 0.3 is 0 Å². The summed E-state index contributed by atoms with van der Waals surface area (Å²) in [7, 11) is 0. The molecule has 0 fully saturated rings. The van der Waals surface area contributed by atoms with Crippen LogP contribution < -0.4 is 0 Å². The summed E-state index contributed by atoms with van der Waals surface area (Å²) in [6, 6.07) is 0. The lowest BCUT2D eigenvalue weighted by Crippen LogP contribution is -1.92. The number of hydrogen-bond acceptors (Lipinski definition) is 0. The van der Waals surface area contributed by atoms with Crippen LogP contribution in [0.3, 0.4) is 0 Å². The van der Waals surface area contributed by atoms with E-state index in [1.165, 1.54) is 77.0 Å². The zero-order valence-electron chi connectivity index (χ0n) is 15.6. The van der Waals surface area contributed by atoms with Gasteiger partial charge in [0.1, 0.15) is 0 Å². The van der Waals surface area contributed by atoms with Crippen molar-refractivity contribution in [1.29, 1.82) is 0 Å². The van der Waals surface area contributed by atoms with Crippen molar-refractivity contribution in [2.24, 2.45) is 0 Å². The van der Waals surface area contributed by atoms with E-state index in [0.29, 0.717) is 0 Å². The molecule has 0 aromatic heterocycles. The first-order valence-corrected chi connectivity index (χ1v) is 9.91. The van der Waals surface area contributed by atoms with E-state index in [1.54, 1.807) is 22.3 Å². The van der Waals surface area contributed by atoms with E-state index in [4.69, 9.17) is 0 Å². The van der Waals surface area contributed by atoms with Gasteiger partial charge in [-0.1, -0.05) is 78.4 Å². The molecule has 0 heterocycles. The lowest BCUT2D eigenvalue weighted by molar-refractivity contribution is 0.673. The minimum Gasteiger partial charge on any atom is -0.0770 e. The third kappa shape index (κ3) is 6.15. The smallest absolute Gasteiger partial charge is 0.0259 e. The first-order valence-electron chi connectivity index (χ1n) is 9.91. The van der Waals surface area contributed by atoms with Crippen molar-refractivity contribution in [2.75, 3.05) is 0 Å². The van der Waals surface area contributed by atoms with Crippen LogP contribution in [0.5, 0.6) is 0 Å². The van der Waals surface area contributed by atoms with Crippen LogP contribution in [0, 0.1) is 0 Å². The third-order valence-corrected chi connectivity index (χ3v) is 4.65. The van der Waals surface area contributed by atoms with Crippen molar-refractivity contribution in [3.05, 3.63) is 34.4 Å². The maximum atomic E-state index is 2.54. The molecule has 0 N–H and O–H groups in total. The van der Waals surface area contributed by atoms with E-state index >= 15 is 0 Å². The van der Waals surface area contributed by atoms with E-state index in [0.717, 1.165) is 0 Å². The van der Waals surface area contributed by atoms with Crippen LogP contribution >= 0.6 is 0 Å². The largest absolute Gasteiger partial charge is 0.0770 e. The summed E-state index contributed by atoms with van der Waals surface area (Å²) in [5.74, 6) is 0. The van der Waals surface area contributed by atoms with E-state index < -0.39 is 0 Å². The fourth-order valence-corrected chi connectivity index (χ4v) is 3.44. The van der Waals surface area contributed by atoms with Crippen LogP contribution in [-0.4, -0.2) is 0 Å². The van der Waals surface area contributed by atoms with Gasteiger partial charge in [0.05, 0.1) is 0 Å². The average Bonchev–Trinajstić information content (AvgIpc) is 2.83. The maximum Gasteiger partial charge on any atom is -0.0259 e. The van der Waals surface area contributed by atoms with Gasteiger partial charge in [0.2, 0.25) is 0 Å². The van der Waals surface area contributed by atoms with E-state index in [-0.39, 0.29) is 0 Å². The first kappa shape index (κ1) is 19.3. The molecular formula is C22H38. The van der Waals surface area contributed by atoms with Gasteiger partial charge in [0.25, 0.3) is 0 Å². The predicted molar refractivity (Wildman–Crippen MR) is 101 cm³/mol. The lowest BCUT2D eigenvalue weighted by atomic mass is 9.94. The normalized spacial score (nSPS) is 16.7. The Morgan fingerprint density at radius 2 is 1.36 bits per heavy atom. The van der Waals surface area contributed by atoms with Gasteiger partial charge in [-0.2, -0.15) is 0 Å². The molecule has 126 valence electrons. The fraction of sp³-hybridized carbons (Fsp3) is 0.727. The van der Waals surface area contributed by atoms with Crippen molar-refractivity contribution >= 4 is 0 Å². The molecular weight excluding hydrogens is 264 g/mol. The number of unbranched alkanes of at least 4 members (excludes halogenated alkanes) is 5. The molecule has 0 aromatic rings. The zero-order chi connectivity index (χ0) is 16.2. The molecule has 1 rings (SSSR count). The Labute approximate surface area is 139 Å². The second-order valence-electron chi connectivity index (χ2n) is 6.74. The highest BCUT2D eigenvalue weighted by atomic mass is 14.2. The zero-order valence-corrected chi connectivity index (χ0v) is 15.6. The molecule has 22 heavy (non-hydrogen) atoms. The standard InChI is InChI=1S/C22H38/c1-5-9-11-12-13-17-20-18-19(16-10-6-2)21(14-7-3)22(20)15-8-4/h17-18H,5-16H2,1-4H3/b20-17-. The van der Waals surface area contributed by atoms with Gasteiger partial charge in [0, 0.05) is 0 Å². The molecule has 0 aromatic carbocycles. The van der Waals surface area contributed by atoms with Crippen LogP contribution in [0.2, 0.25) is 0 Å². The minimum absolute atomic E-state index is 1.26. The Balaban J connectivity index is 2.82. The highest BCUT2D eigenvalue weighted by molar-refractivity contribution is 5.58. The third-order valence-electron chi connectivity index (χ3n) is 4.65. The van der Waals surface area contributed by atoms with Crippen molar-refractivity contribution in [1.82, 2.24) is 0 Å². The lowest BCUT2D eigenvalue weighted by Gasteiger charge is -2.11. The maximum absolute atomic E-state index is 2.54. The summed E-state index contributed by atoms with van der Waals surface area (Å²) in [5, 5.41) is 0. The topological polar surface area (TPSA) is 0 Å². The molecule has 0 spiro atoms. The van der Waals surface area contributed by atoms with Crippen LogP contribution in [0.25, 0.3) is 0 Å². The summed E-state index contributed by atoms with van der Waals surface area (Å²) < 4.78 is 0. The highest BCUT2D eigenvalue weighted by Gasteiger charge is 2.19. The summed E-state index contributed by atoms with van der Waals surface area (Å²) >= 11 is 0.